The number of carbonyl (C=O) groups excluding carboxylic acids is 2. The zero-order valence-electron chi connectivity index (χ0n) is 21.3. The van der Waals surface area contributed by atoms with E-state index in [4.69, 9.17) is 14.2 Å². The third-order valence-corrected chi connectivity index (χ3v) is 5.92. The lowest BCUT2D eigenvalue weighted by Gasteiger charge is -2.26. The molecule has 1 aliphatic heterocycles. The van der Waals surface area contributed by atoms with Gasteiger partial charge in [-0.05, 0) is 74.4 Å². The first-order valence-corrected chi connectivity index (χ1v) is 12.1. The Kier molecular flexibility index (Phi) is 7.77. The molecule has 8 nitrogen and oxygen atoms in total. The van der Waals surface area contributed by atoms with Crippen LogP contribution >= 0.6 is 0 Å². The van der Waals surface area contributed by atoms with Crippen LogP contribution in [-0.2, 0) is 16.1 Å². The molecule has 192 valence electrons. The lowest BCUT2D eigenvalue weighted by Crippen LogP contribution is -2.29. The van der Waals surface area contributed by atoms with Gasteiger partial charge in [-0.25, -0.2) is 0 Å². The first-order valence-electron chi connectivity index (χ1n) is 12.1. The average Bonchev–Trinajstić information content (AvgIpc) is 3.14. The van der Waals surface area contributed by atoms with E-state index in [1.807, 2.05) is 26.8 Å². The molecule has 0 radical (unpaired) electrons. The Morgan fingerprint density at radius 1 is 1.08 bits per heavy atom. The fraction of sp³-hybridized carbons (Fsp3) is 0.276. The number of ether oxygens (including phenoxy) is 3. The van der Waals surface area contributed by atoms with E-state index in [0.717, 1.165) is 5.56 Å². The Morgan fingerprint density at radius 3 is 2.46 bits per heavy atom. The van der Waals surface area contributed by atoms with Gasteiger partial charge in [-0.1, -0.05) is 12.1 Å². The van der Waals surface area contributed by atoms with Gasteiger partial charge in [-0.15, -0.1) is 0 Å². The number of pyridine rings is 1. The molecule has 0 bridgehead atoms. The molecule has 2 aromatic carbocycles. The second kappa shape index (κ2) is 11.2. The monoisotopic (exact) mass is 502 g/mol. The normalized spacial score (nSPS) is 16.8. The van der Waals surface area contributed by atoms with Crippen molar-refractivity contribution in [1.29, 1.82) is 0 Å². The number of benzene rings is 2. The fourth-order valence-corrected chi connectivity index (χ4v) is 4.33. The molecule has 2 heterocycles. The summed E-state index contributed by atoms with van der Waals surface area (Å²) in [4.78, 5) is 32.2. The second-order valence-electron chi connectivity index (χ2n) is 8.82. The molecule has 1 amide bonds. The number of Topliss-reactive ketones (excluding diaryl/α,β-unsaturated/α-hetero) is 1. The summed E-state index contributed by atoms with van der Waals surface area (Å²) in [5, 5.41) is 11.3. The summed E-state index contributed by atoms with van der Waals surface area (Å²) in [6.45, 7) is 6.29. The van der Waals surface area contributed by atoms with Crippen molar-refractivity contribution in [2.24, 2.45) is 0 Å². The lowest BCUT2D eigenvalue weighted by atomic mass is 9.94. The van der Waals surface area contributed by atoms with Crippen molar-refractivity contribution >= 4 is 17.4 Å². The highest BCUT2D eigenvalue weighted by Crippen LogP contribution is 2.42. The predicted octanol–water partition coefficient (Wildman–Crippen LogP) is 4.90. The number of likely N-dealkylation sites (tertiary alicyclic amines) is 1. The van der Waals surface area contributed by atoms with Gasteiger partial charge in [0.05, 0.1) is 31.4 Å². The highest BCUT2D eigenvalue weighted by atomic mass is 16.5. The summed E-state index contributed by atoms with van der Waals surface area (Å²) in [6, 6.07) is 14.7. The van der Waals surface area contributed by atoms with Crippen LogP contribution in [0, 0.1) is 0 Å². The zero-order chi connectivity index (χ0) is 26.5. The minimum Gasteiger partial charge on any atom is -0.507 e. The van der Waals surface area contributed by atoms with E-state index in [-0.39, 0.29) is 24.0 Å². The molecule has 4 rings (SSSR count). The topological polar surface area (TPSA) is 98.2 Å². The molecule has 3 aromatic rings. The Labute approximate surface area is 216 Å². The Morgan fingerprint density at radius 2 is 1.84 bits per heavy atom. The molecule has 1 fully saturated rings. The molecule has 1 aromatic heterocycles. The molecule has 1 unspecified atom stereocenters. The van der Waals surface area contributed by atoms with Crippen LogP contribution in [0.2, 0.25) is 0 Å². The molecule has 1 aliphatic rings. The molecular formula is C29H30N2O6. The number of aliphatic hydroxyl groups is 1. The van der Waals surface area contributed by atoms with Crippen molar-refractivity contribution in [2.75, 3.05) is 13.7 Å². The molecule has 1 saturated heterocycles. The Hall–Kier alpha value is -4.33. The number of carbonyl (C=O) groups is 2. The number of aliphatic hydroxyl groups excluding tert-OH is 1. The summed E-state index contributed by atoms with van der Waals surface area (Å²) < 4.78 is 16.8. The minimum absolute atomic E-state index is 0.00219. The van der Waals surface area contributed by atoms with Crippen LogP contribution in [0.5, 0.6) is 17.2 Å². The molecule has 0 aliphatic carbocycles. The summed E-state index contributed by atoms with van der Waals surface area (Å²) in [7, 11) is 1.52. The SMILES string of the molecule is CCOc1ccc(C2/C(=C(/O)c3ccc(OC(C)C)cc3)C(=O)C(=O)N2Cc2cccnc2)cc1OC. The molecule has 0 spiro atoms. The van der Waals surface area contributed by atoms with Crippen molar-refractivity contribution < 1.29 is 28.9 Å². The number of hydrogen-bond donors (Lipinski definition) is 1. The van der Waals surface area contributed by atoms with E-state index < -0.39 is 17.7 Å². The summed E-state index contributed by atoms with van der Waals surface area (Å²) >= 11 is 0. The summed E-state index contributed by atoms with van der Waals surface area (Å²) in [5.41, 5.74) is 1.75. The van der Waals surface area contributed by atoms with Gasteiger partial charge in [0, 0.05) is 24.5 Å². The fourth-order valence-electron chi connectivity index (χ4n) is 4.33. The first kappa shape index (κ1) is 25.8. The van der Waals surface area contributed by atoms with Gasteiger partial charge >= 0.3 is 0 Å². The maximum Gasteiger partial charge on any atom is 0.295 e. The summed E-state index contributed by atoms with van der Waals surface area (Å²) in [5.74, 6) is -0.0951. The van der Waals surface area contributed by atoms with Crippen LogP contribution in [0.4, 0.5) is 0 Å². The largest absolute Gasteiger partial charge is 0.507 e. The van der Waals surface area contributed by atoms with Crippen molar-refractivity contribution in [3.8, 4) is 17.2 Å². The van der Waals surface area contributed by atoms with Gasteiger partial charge in [0.15, 0.2) is 11.5 Å². The third kappa shape index (κ3) is 5.43. The Bertz CT molecular complexity index is 1300. The number of methoxy groups -OCH3 is 1. The number of nitrogens with zero attached hydrogens (tertiary/aromatic N) is 2. The van der Waals surface area contributed by atoms with Crippen LogP contribution in [0.15, 0.2) is 72.6 Å². The van der Waals surface area contributed by atoms with Gasteiger partial charge < -0.3 is 24.2 Å². The van der Waals surface area contributed by atoms with Gasteiger partial charge in [0.25, 0.3) is 11.7 Å². The Balaban J connectivity index is 1.83. The van der Waals surface area contributed by atoms with E-state index in [0.29, 0.717) is 35.0 Å². The third-order valence-electron chi connectivity index (χ3n) is 5.92. The lowest BCUT2D eigenvalue weighted by molar-refractivity contribution is -0.140. The standard InChI is InChI=1S/C29H30N2O6/c1-5-36-23-13-10-21(15-24(23)35-4)26-25(27(32)20-8-11-22(12-9-20)37-18(2)3)28(33)29(34)31(26)17-19-7-6-14-30-16-19/h6-16,18,26,32H,5,17H2,1-4H3/b27-25-. The average molecular weight is 503 g/mol. The van der Waals surface area contributed by atoms with E-state index in [1.165, 1.54) is 12.0 Å². The zero-order valence-corrected chi connectivity index (χ0v) is 21.3. The number of ketones is 1. The quantitative estimate of drug-likeness (QED) is 0.253. The van der Waals surface area contributed by atoms with E-state index in [9.17, 15) is 14.7 Å². The van der Waals surface area contributed by atoms with Crippen LogP contribution < -0.4 is 14.2 Å². The highest BCUT2D eigenvalue weighted by Gasteiger charge is 2.46. The minimum atomic E-state index is -0.851. The van der Waals surface area contributed by atoms with Gasteiger partial charge in [-0.3, -0.25) is 14.6 Å². The van der Waals surface area contributed by atoms with Gasteiger partial charge in [0.2, 0.25) is 0 Å². The van der Waals surface area contributed by atoms with Gasteiger partial charge in [0.1, 0.15) is 11.5 Å². The molecule has 0 saturated carbocycles. The number of rotatable bonds is 9. The smallest absolute Gasteiger partial charge is 0.295 e. The molecule has 1 atom stereocenters. The number of aromatic nitrogens is 1. The van der Waals surface area contributed by atoms with Crippen LogP contribution in [0.1, 0.15) is 43.5 Å². The molecule has 8 heteroatoms. The van der Waals surface area contributed by atoms with E-state index in [2.05, 4.69) is 4.98 Å². The molecular weight excluding hydrogens is 472 g/mol. The van der Waals surface area contributed by atoms with Crippen molar-refractivity contribution in [2.45, 2.75) is 39.5 Å². The van der Waals surface area contributed by atoms with Gasteiger partial charge in [-0.2, -0.15) is 0 Å². The van der Waals surface area contributed by atoms with Crippen molar-refractivity contribution in [3.05, 3.63) is 89.3 Å². The van der Waals surface area contributed by atoms with E-state index in [1.54, 1.807) is 60.9 Å². The van der Waals surface area contributed by atoms with Crippen LogP contribution in [0.25, 0.3) is 5.76 Å². The number of amides is 1. The maximum absolute atomic E-state index is 13.3. The molecule has 37 heavy (non-hydrogen) atoms. The first-order chi connectivity index (χ1) is 17.8. The van der Waals surface area contributed by atoms with Crippen LogP contribution in [-0.4, -0.2) is 46.5 Å². The predicted molar refractivity (Wildman–Crippen MR) is 138 cm³/mol. The highest BCUT2D eigenvalue weighted by molar-refractivity contribution is 6.46. The second-order valence-corrected chi connectivity index (χ2v) is 8.82. The van der Waals surface area contributed by atoms with Crippen molar-refractivity contribution in [1.82, 2.24) is 9.88 Å². The molecule has 1 N–H and O–H groups in total. The number of hydrogen-bond acceptors (Lipinski definition) is 7. The summed E-state index contributed by atoms with van der Waals surface area (Å²) in [6.07, 6.45) is 3.27. The maximum atomic E-state index is 13.3. The van der Waals surface area contributed by atoms with Crippen molar-refractivity contribution in [3.63, 3.8) is 0 Å². The van der Waals surface area contributed by atoms with Crippen LogP contribution in [0.3, 0.4) is 0 Å². The van der Waals surface area contributed by atoms with E-state index >= 15 is 0 Å².